The van der Waals surface area contributed by atoms with Gasteiger partial charge in [0.15, 0.2) is 0 Å². The average molecular weight is 250 g/mol. The molecule has 0 aliphatic rings. The minimum Gasteiger partial charge on any atom is -0.146 e. The van der Waals surface area contributed by atoms with Crippen molar-refractivity contribution in [3.8, 4) is 0 Å². The van der Waals surface area contributed by atoms with Gasteiger partial charge in [-0.2, -0.15) is 0 Å². The number of hydrogen-bond acceptors (Lipinski definition) is 2. The molecule has 0 saturated heterocycles. The third-order valence-electron chi connectivity index (χ3n) is 2.24. The molecular formula is C14H18S2. The number of benzene rings is 1. The van der Waals surface area contributed by atoms with Crippen LogP contribution in [0.1, 0.15) is 20.9 Å². The topological polar surface area (TPSA) is 0 Å². The monoisotopic (exact) mass is 250 g/mol. The molecule has 0 unspecified atom stereocenters. The second kappa shape index (κ2) is 6.12. The Morgan fingerprint density at radius 2 is 1.44 bits per heavy atom. The van der Waals surface area contributed by atoms with Gasteiger partial charge in [-0.25, -0.2) is 0 Å². The first-order valence-electron chi connectivity index (χ1n) is 5.28. The van der Waals surface area contributed by atoms with Gasteiger partial charge in [-0.15, -0.1) is 24.0 Å². The third-order valence-corrected chi connectivity index (χ3v) is 3.64. The highest BCUT2D eigenvalue weighted by molar-refractivity contribution is 7.80. The first-order chi connectivity index (χ1) is 7.49. The van der Waals surface area contributed by atoms with Crippen LogP contribution in [0.5, 0.6) is 0 Å². The molecule has 0 saturated carbocycles. The molecule has 0 fully saturated rings. The smallest absolute Gasteiger partial charge is 0.00718 e. The molecule has 0 spiro atoms. The molecule has 16 heavy (non-hydrogen) atoms. The molecule has 2 heteroatoms. The van der Waals surface area contributed by atoms with Crippen molar-refractivity contribution in [2.75, 3.05) is 0 Å². The van der Waals surface area contributed by atoms with Crippen molar-refractivity contribution in [1.82, 2.24) is 0 Å². The summed E-state index contributed by atoms with van der Waals surface area (Å²) in [5, 5.41) is 0. The highest BCUT2D eigenvalue weighted by Crippen LogP contribution is 2.13. The van der Waals surface area contributed by atoms with E-state index in [0.717, 1.165) is 4.90 Å². The van der Waals surface area contributed by atoms with E-state index in [9.17, 15) is 0 Å². The molecule has 0 atom stereocenters. The number of hydrogen-bond donors (Lipinski definition) is 1. The summed E-state index contributed by atoms with van der Waals surface area (Å²) in [5.41, 5.74) is 2.51. The minimum atomic E-state index is 1.08. The Morgan fingerprint density at radius 1 is 0.875 bits per heavy atom. The predicted molar refractivity (Wildman–Crippen MR) is 77.0 cm³/mol. The first kappa shape index (κ1) is 13.3. The van der Waals surface area contributed by atoms with Gasteiger partial charge >= 0.3 is 0 Å². The maximum absolute atomic E-state index is 4.27. The number of thiol groups is 1. The van der Waals surface area contributed by atoms with Crippen molar-refractivity contribution in [2.24, 2.45) is 0 Å². The lowest BCUT2D eigenvalue weighted by Crippen LogP contribution is -1.76. The second-order valence-corrected chi connectivity index (χ2v) is 5.92. The third kappa shape index (κ3) is 4.42. The van der Waals surface area contributed by atoms with E-state index in [1.165, 1.54) is 20.9 Å². The fourth-order valence-electron chi connectivity index (χ4n) is 1.28. The van der Waals surface area contributed by atoms with Crippen molar-refractivity contribution >= 4 is 24.0 Å². The summed E-state index contributed by atoms with van der Waals surface area (Å²) in [6.07, 6.45) is 0. The SMILES string of the molecule is Cc1ccc(C)c(S)c1.Cc1ccc(C)s1. The maximum atomic E-state index is 4.27. The Balaban J connectivity index is 0.000000165. The van der Waals surface area contributed by atoms with Gasteiger partial charge in [-0.05, 0) is 51.5 Å². The minimum absolute atomic E-state index is 1.08. The fraction of sp³-hybridized carbons (Fsp3) is 0.286. The van der Waals surface area contributed by atoms with Gasteiger partial charge in [0.1, 0.15) is 0 Å². The molecule has 0 bridgehead atoms. The summed E-state index contributed by atoms with van der Waals surface area (Å²) >= 11 is 6.11. The predicted octanol–water partition coefficient (Wildman–Crippen LogP) is 4.96. The Labute approximate surface area is 108 Å². The van der Waals surface area contributed by atoms with E-state index < -0.39 is 0 Å². The van der Waals surface area contributed by atoms with Gasteiger partial charge in [0.2, 0.25) is 0 Å². The molecule has 2 rings (SSSR count). The van der Waals surface area contributed by atoms with Crippen LogP contribution in [0.2, 0.25) is 0 Å². The molecular weight excluding hydrogens is 232 g/mol. The van der Waals surface area contributed by atoms with Crippen molar-refractivity contribution in [3.63, 3.8) is 0 Å². The van der Waals surface area contributed by atoms with Crippen molar-refractivity contribution in [1.29, 1.82) is 0 Å². The molecule has 1 aromatic heterocycles. The van der Waals surface area contributed by atoms with Crippen LogP contribution in [0.4, 0.5) is 0 Å². The molecule has 0 aliphatic carbocycles. The number of thiophene rings is 1. The second-order valence-electron chi connectivity index (χ2n) is 3.95. The standard InChI is InChI=1S/C8H10S.C6H8S/c1-6-3-4-7(2)8(9)5-6;1-5-3-4-6(2)7-5/h3-5,9H,1-2H3;3-4H,1-2H3. The lowest BCUT2D eigenvalue weighted by molar-refractivity contribution is 1.27. The van der Waals surface area contributed by atoms with E-state index in [1.807, 2.05) is 11.3 Å². The lowest BCUT2D eigenvalue weighted by atomic mass is 10.2. The molecule has 1 heterocycles. The van der Waals surface area contributed by atoms with Gasteiger partial charge in [-0.1, -0.05) is 17.7 Å². The van der Waals surface area contributed by atoms with Gasteiger partial charge in [0.05, 0.1) is 0 Å². The Hall–Kier alpha value is -0.730. The summed E-state index contributed by atoms with van der Waals surface area (Å²) < 4.78 is 0. The number of aryl methyl sites for hydroxylation is 4. The zero-order chi connectivity index (χ0) is 12.1. The van der Waals surface area contributed by atoms with Crippen LogP contribution in [0.3, 0.4) is 0 Å². The number of rotatable bonds is 0. The van der Waals surface area contributed by atoms with E-state index in [0.29, 0.717) is 0 Å². The summed E-state index contributed by atoms with van der Waals surface area (Å²) in [4.78, 5) is 3.88. The van der Waals surface area contributed by atoms with E-state index >= 15 is 0 Å². The fourth-order valence-corrected chi connectivity index (χ4v) is 2.33. The molecule has 0 amide bonds. The molecule has 0 nitrogen and oxygen atoms in total. The van der Waals surface area contributed by atoms with E-state index in [1.54, 1.807) is 0 Å². The lowest BCUT2D eigenvalue weighted by Gasteiger charge is -1.97. The van der Waals surface area contributed by atoms with Crippen LogP contribution < -0.4 is 0 Å². The van der Waals surface area contributed by atoms with Crippen molar-refractivity contribution in [3.05, 3.63) is 51.2 Å². The molecule has 1 aromatic carbocycles. The van der Waals surface area contributed by atoms with Crippen LogP contribution in [0, 0.1) is 27.7 Å². The zero-order valence-corrected chi connectivity index (χ0v) is 12.0. The Bertz CT molecular complexity index is 439. The van der Waals surface area contributed by atoms with Gasteiger partial charge < -0.3 is 0 Å². The molecule has 86 valence electrons. The molecule has 0 radical (unpaired) electrons. The van der Waals surface area contributed by atoms with Crippen molar-refractivity contribution < 1.29 is 0 Å². The first-order valence-corrected chi connectivity index (χ1v) is 6.54. The largest absolute Gasteiger partial charge is 0.146 e. The van der Waals surface area contributed by atoms with E-state index in [-0.39, 0.29) is 0 Å². The van der Waals surface area contributed by atoms with Crippen LogP contribution >= 0.6 is 24.0 Å². The molecule has 0 aliphatic heterocycles. The van der Waals surface area contributed by atoms with E-state index in [4.69, 9.17) is 0 Å². The maximum Gasteiger partial charge on any atom is 0.00718 e. The van der Waals surface area contributed by atoms with Crippen molar-refractivity contribution in [2.45, 2.75) is 32.6 Å². The average Bonchev–Trinajstić information content (AvgIpc) is 2.58. The van der Waals surface area contributed by atoms with Gasteiger partial charge in [0.25, 0.3) is 0 Å². The molecule has 2 aromatic rings. The quantitative estimate of drug-likeness (QED) is 0.628. The van der Waals surface area contributed by atoms with Crippen LogP contribution in [-0.2, 0) is 0 Å². The molecule has 0 N–H and O–H groups in total. The summed E-state index contributed by atoms with van der Waals surface area (Å²) in [7, 11) is 0. The van der Waals surface area contributed by atoms with Gasteiger partial charge in [-0.3, -0.25) is 0 Å². The Kier molecular flexibility index (Phi) is 5.10. The summed E-state index contributed by atoms with van der Waals surface area (Å²) in [6.45, 7) is 8.37. The van der Waals surface area contributed by atoms with Crippen LogP contribution in [-0.4, -0.2) is 0 Å². The summed E-state index contributed by atoms with van der Waals surface area (Å²) in [5.74, 6) is 0. The summed E-state index contributed by atoms with van der Waals surface area (Å²) in [6, 6.07) is 10.5. The highest BCUT2D eigenvalue weighted by Gasteiger charge is 1.90. The van der Waals surface area contributed by atoms with Gasteiger partial charge in [0, 0.05) is 14.6 Å². The van der Waals surface area contributed by atoms with Crippen LogP contribution in [0.25, 0.3) is 0 Å². The van der Waals surface area contributed by atoms with Crippen LogP contribution in [0.15, 0.2) is 35.2 Å². The highest BCUT2D eigenvalue weighted by atomic mass is 32.1. The van der Waals surface area contributed by atoms with E-state index in [2.05, 4.69) is 70.7 Å². The normalized spacial score (nSPS) is 9.56. The zero-order valence-electron chi connectivity index (χ0n) is 10.2. The Morgan fingerprint density at radius 3 is 1.75 bits per heavy atom.